The van der Waals surface area contributed by atoms with Gasteiger partial charge in [0.2, 0.25) is 5.91 Å². The smallest absolute Gasteiger partial charge is 0.268 e. The van der Waals surface area contributed by atoms with Gasteiger partial charge in [0.1, 0.15) is 5.69 Å². The van der Waals surface area contributed by atoms with Crippen molar-refractivity contribution < 1.29 is 9.59 Å². The SMILES string of the molecule is CC(=O)Nc1ccc(CNC(=O)c2ccc3n2CCNC32CCC2)cc1. The van der Waals surface area contributed by atoms with Gasteiger partial charge < -0.3 is 20.5 Å². The van der Waals surface area contributed by atoms with Crippen LogP contribution in [0.25, 0.3) is 0 Å². The van der Waals surface area contributed by atoms with Gasteiger partial charge in [0.25, 0.3) is 5.91 Å². The Morgan fingerprint density at radius 2 is 1.92 bits per heavy atom. The molecule has 1 aromatic carbocycles. The molecule has 1 aliphatic carbocycles. The van der Waals surface area contributed by atoms with E-state index in [1.54, 1.807) is 0 Å². The van der Waals surface area contributed by atoms with Gasteiger partial charge >= 0.3 is 0 Å². The van der Waals surface area contributed by atoms with Gasteiger partial charge in [0.05, 0.1) is 5.54 Å². The van der Waals surface area contributed by atoms with Crippen molar-refractivity contribution in [2.24, 2.45) is 0 Å². The van der Waals surface area contributed by atoms with E-state index in [4.69, 9.17) is 0 Å². The minimum atomic E-state index is -0.0946. The Bertz CT molecular complexity index is 834. The Balaban J connectivity index is 1.42. The first-order valence-corrected chi connectivity index (χ1v) is 9.17. The van der Waals surface area contributed by atoms with E-state index in [-0.39, 0.29) is 17.4 Å². The molecule has 2 aliphatic rings. The van der Waals surface area contributed by atoms with Gasteiger partial charge in [-0.25, -0.2) is 0 Å². The molecule has 136 valence electrons. The average molecular weight is 352 g/mol. The summed E-state index contributed by atoms with van der Waals surface area (Å²) in [5.74, 6) is -0.138. The van der Waals surface area contributed by atoms with Gasteiger partial charge in [-0.15, -0.1) is 0 Å². The molecule has 2 amide bonds. The standard InChI is InChI=1S/C20H24N4O2/c1-14(25)23-16-5-3-15(4-6-16)13-21-19(26)17-7-8-18-20(9-2-10-20)22-11-12-24(17)18/h3-8,22H,2,9-13H2,1H3,(H,21,26)(H,23,25). The number of hydrogen-bond acceptors (Lipinski definition) is 3. The van der Waals surface area contributed by atoms with Gasteiger partial charge in [-0.05, 0) is 49.1 Å². The normalized spacial score (nSPS) is 17.3. The zero-order valence-electron chi connectivity index (χ0n) is 15.0. The predicted molar refractivity (Wildman–Crippen MR) is 99.9 cm³/mol. The topological polar surface area (TPSA) is 75.2 Å². The summed E-state index contributed by atoms with van der Waals surface area (Å²) < 4.78 is 2.17. The van der Waals surface area contributed by atoms with Gasteiger partial charge in [-0.3, -0.25) is 9.59 Å². The van der Waals surface area contributed by atoms with E-state index >= 15 is 0 Å². The molecule has 2 aromatic rings. The van der Waals surface area contributed by atoms with Crippen LogP contribution in [-0.2, 0) is 23.4 Å². The number of hydrogen-bond donors (Lipinski definition) is 3. The maximum atomic E-state index is 12.7. The van der Waals surface area contributed by atoms with Crippen molar-refractivity contribution in [2.45, 2.75) is 44.8 Å². The molecule has 1 spiro atoms. The van der Waals surface area contributed by atoms with E-state index in [9.17, 15) is 9.59 Å². The highest BCUT2D eigenvalue weighted by Crippen LogP contribution is 2.43. The Morgan fingerprint density at radius 3 is 2.58 bits per heavy atom. The predicted octanol–water partition coefficient (Wildman–Crippen LogP) is 2.36. The van der Waals surface area contributed by atoms with Crippen molar-refractivity contribution in [3.63, 3.8) is 0 Å². The third-order valence-electron chi connectivity index (χ3n) is 5.44. The molecule has 6 nitrogen and oxygen atoms in total. The van der Waals surface area contributed by atoms with E-state index in [0.717, 1.165) is 42.9 Å². The Morgan fingerprint density at radius 1 is 1.15 bits per heavy atom. The third-order valence-corrected chi connectivity index (χ3v) is 5.44. The molecule has 0 unspecified atom stereocenters. The molecule has 1 fully saturated rings. The van der Waals surface area contributed by atoms with Crippen molar-refractivity contribution in [3.8, 4) is 0 Å². The van der Waals surface area contributed by atoms with Crippen molar-refractivity contribution >= 4 is 17.5 Å². The number of nitrogens with zero attached hydrogens (tertiary/aromatic N) is 1. The highest BCUT2D eigenvalue weighted by molar-refractivity contribution is 5.93. The summed E-state index contributed by atoms with van der Waals surface area (Å²) in [6, 6.07) is 11.5. The summed E-state index contributed by atoms with van der Waals surface area (Å²) in [7, 11) is 0. The molecule has 0 saturated heterocycles. The average Bonchev–Trinajstić information content (AvgIpc) is 3.03. The van der Waals surface area contributed by atoms with Crippen LogP contribution in [0.2, 0.25) is 0 Å². The molecule has 0 radical (unpaired) electrons. The van der Waals surface area contributed by atoms with E-state index in [1.165, 1.54) is 19.0 Å². The number of rotatable bonds is 4. The van der Waals surface area contributed by atoms with Gasteiger partial charge in [-0.2, -0.15) is 0 Å². The van der Waals surface area contributed by atoms with Crippen LogP contribution in [0.1, 0.15) is 47.9 Å². The van der Waals surface area contributed by atoms with E-state index in [1.807, 2.05) is 30.3 Å². The van der Waals surface area contributed by atoms with Crippen LogP contribution >= 0.6 is 0 Å². The lowest BCUT2D eigenvalue weighted by molar-refractivity contribution is -0.114. The summed E-state index contributed by atoms with van der Waals surface area (Å²) in [6.07, 6.45) is 3.55. The maximum Gasteiger partial charge on any atom is 0.268 e. The first kappa shape index (κ1) is 16.8. The van der Waals surface area contributed by atoms with E-state index in [2.05, 4.69) is 26.6 Å². The largest absolute Gasteiger partial charge is 0.347 e. The fraction of sp³-hybridized carbons (Fsp3) is 0.400. The van der Waals surface area contributed by atoms with Crippen LogP contribution in [0, 0.1) is 0 Å². The molecular formula is C20H24N4O2. The van der Waals surface area contributed by atoms with Crippen LogP contribution in [0.15, 0.2) is 36.4 Å². The highest BCUT2D eigenvalue weighted by atomic mass is 16.2. The summed E-state index contributed by atoms with van der Waals surface area (Å²) in [5.41, 5.74) is 3.83. The van der Waals surface area contributed by atoms with Crippen LogP contribution < -0.4 is 16.0 Å². The van der Waals surface area contributed by atoms with Crippen molar-refractivity contribution in [1.82, 2.24) is 15.2 Å². The summed E-state index contributed by atoms with van der Waals surface area (Å²) in [5, 5.41) is 9.38. The molecule has 3 N–H and O–H groups in total. The number of benzene rings is 1. The molecule has 6 heteroatoms. The lowest BCUT2D eigenvalue weighted by Crippen LogP contribution is -2.54. The van der Waals surface area contributed by atoms with Gasteiger partial charge in [-0.1, -0.05) is 12.1 Å². The number of carbonyl (C=O) groups excluding carboxylic acids is 2. The van der Waals surface area contributed by atoms with Crippen LogP contribution in [0.5, 0.6) is 0 Å². The molecule has 1 aromatic heterocycles. The number of nitrogens with one attached hydrogen (secondary N) is 3. The zero-order valence-corrected chi connectivity index (χ0v) is 15.0. The number of amides is 2. The first-order valence-electron chi connectivity index (χ1n) is 9.17. The molecular weight excluding hydrogens is 328 g/mol. The van der Waals surface area contributed by atoms with Gasteiger partial charge in [0, 0.05) is 37.9 Å². The molecule has 0 atom stereocenters. The second kappa shape index (κ2) is 6.61. The lowest BCUT2D eigenvalue weighted by atomic mass is 9.73. The molecule has 4 rings (SSSR count). The second-order valence-electron chi connectivity index (χ2n) is 7.18. The molecule has 0 bridgehead atoms. The third kappa shape index (κ3) is 3.01. The summed E-state index contributed by atoms with van der Waals surface area (Å²) in [4.78, 5) is 23.7. The quantitative estimate of drug-likeness (QED) is 0.791. The minimum Gasteiger partial charge on any atom is -0.347 e. The van der Waals surface area contributed by atoms with Crippen LogP contribution in [0.3, 0.4) is 0 Å². The molecule has 1 saturated carbocycles. The zero-order chi connectivity index (χ0) is 18.1. The van der Waals surface area contributed by atoms with Crippen LogP contribution in [0.4, 0.5) is 5.69 Å². The fourth-order valence-corrected chi connectivity index (χ4v) is 3.97. The number of fused-ring (bicyclic) bond motifs is 2. The Hall–Kier alpha value is -2.60. The second-order valence-corrected chi connectivity index (χ2v) is 7.18. The minimum absolute atomic E-state index is 0.0430. The highest BCUT2D eigenvalue weighted by Gasteiger charge is 2.43. The molecule has 26 heavy (non-hydrogen) atoms. The van der Waals surface area contributed by atoms with Gasteiger partial charge in [0.15, 0.2) is 0 Å². The fourth-order valence-electron chi connectivity index (χ4n) is 3.97. The molecule has 2 heterocycles. The Kier molecular flexibility index (Phi) is 4.28. The van der Waals surface area contributed by atoms with E-state index in [0.29, 0.717) is 6.54 Å². The summed E-state index contributed by atoms with van der Waals surface area (Å²) in [6.45, 7) is 3.68. The summed E-state index contributed by atoms with van der Waals surface area (Å²) >= 11 is 0. The van der Waals surface area contributed by atoms with Crippen molar-refractivity contribution in [2.75, 3.05) is 11.9 Å². The van der Waals surface area contributed by atoms with E-state index < -0.39 is 0 Å². The van der Waals surface area contributed by atoms with Crippen molar-refractivity contribution in [1.29, 1.82) is 0 Å². The number of anilines is 1. The monoisotopic (exact) mass is 352 g/mol. The Labute approximate surface area is 153 Å². The maximum absolute atomic E-state index is 12.7. The van der Waals surface area contributed by atoms with Crippen LogP contribution in [-0.4, -0.2) is 22.9 Å². The number of aromatic nitrogens is 1. The van der Waals surface area contributed by atoms with Crippen molar-refractivity contribution in [3.05, 3.63) is 53.3 Å². The number of carbonyl (C=O) groups is 2. The first-order chi connectivity index (χ1) is 12.6. The molecule has 1 aliphatic heterocycles. The lowest BCUT2D eigenvalue weighted by Gasteiger charge is -2.46.